The predicted molar refractivity (Wildman–Crippen MR) is 101 cm³/mol. The number of aromatic amines is 1. The van der Waals surface area contributed by atoms with E-state index in [4.69, 9.17) is 0 Å². The fourth-order valence-electron chi connectivity index (χ4n) is 3.22. The molecule has 8 nitrogen and oxygen atoms in total. The Morgan fingerprint density at radius 1 is 1.07 bits per heavy atom. The number of hydrogen-bond acceptors (Lipinski definition) is 5. The van der Waals surface area contributed by atoms with Crippen LogP contribution in [-0.4, -0.2) is 51.6 Å². The Hall–Kier alpha value is -3.81. The van der Waals surface area contributed by atoms with Crippen molar-refractivity contribution in [3.8, 4) is 0 Å². The lowest BCUT2D eigenvalue weighted by atomic mass is 10.0. The third-order valence-electron chi connectivity index (χ3n) is 4.73. The standard InChI is InChI=1S/C20H16N4O4/c1-23(10-16-21-15-6-4-3-5-13(15)17(25)22-16)18(26)11-7-8-12-14(9-11)20(28)24(2)19(12)27/h3-9H,10H2,1-2H3,(H,21,22,25). The van der Waals surface area contributed by atoms with Crippen LogP contribution in [0, 0.1) is 0 Å². The Balaban J connectivity index is 1.61. The van der Waals surface area contributed by atoms with Crippen molar-refractivity contribution >= 4 is 28.6 Å². The van der Waals surface area contributed by atoms with Gasteiger partial charge in [-0.2, -0.15) is 0 Å². The SMILES string of the molecule is CN(Cc1nc2ccccc2c(=O)[nH]1)C(=O)c1ccc2c(c1)C(=O)N(C)C2=O. The molecule has 0 spiro atoms. The number of rotatable bonds is 3. The number of fused-ring (bicyclic) bond motifs is 2. The van der Waals surface area contributed by atoms with Gasteiger partial charge in [0, 0.05) is 19.7 Å². The van der Waals surface area contributed by atoms with E-state index >= 15 is 0 Å². The Bertz CT molecular complexity index is 1210. The highest BCUT2D eigenvalue weighted by molar-refractivity contribution is 6.21. The largest absolute Gasteiger partial charge is 0.334 e. The van der Waals surface area contributed by atoms with Crippen LogP contribution in [-0.2, 0) is 6.54 Å². The molecule has 1 aromatic heterocycles. The van der Waals surface area contributed by atoms with Crippen molar-refractivity contribution in [1.29, 1.82) is 0 Å². The van der Waals surface area contributed by atoms with Crippen LogP contribution in [0.4, 0.5) is 0 Å². The van der Waals surface area contributed by atoms with Crippen LogP contribution in [0.15, 0.2) is 47.3 Å². The number of para-hydroxylation sites is 1. The molecule has 3 amide bonds. The van der Waals surface area contributed by atoms with Gasteiger partial charge in [-0.25, -0.2) is 4.98 Å². The summed E-state index contributed by atoms with van der Waals surface area (Å²) in [4.78, 5) is 58.5. The third-order valence-corrected chi connectivity index (χ3v) is 4.73. The zero-order chi connectivity index (χ0) is 20.0. The summed E-state index contributed by atoms with van der Waals surface area (Å²) in [7, 11) is 2.98. The first-order valence-electron chi connectivity index (χ1n) is 8.56. The van der Waals surface area contributed by atoms with Crippen LogP contribution in [0.25, 0.3) is 10.9 Å². The molecule has 0 saturated carbocycles. The van der Waals surface area contributed by atoms with E-state index in [2.05, 4.69) is 9.97 Å². The first-order chi connectivity index (χ1) is 13.4. The van der Waals surface area contributed by atoms with E-state index in [1.807, 2.05) is 0 Å². The first kappa shape index (κ1) is 17.6. The average molecular weight is 376 g/mol. The summed E-state index contributed by atoms with van der Waals surface area (Å²) in [6.45, 7) is 0.0861. The van der Waals surface area contributed by atoms with Gasteiger partial charge in [0.15, 0.2) is 0 Å². The van der Waals surface area contributed by atoms with E-state index in [1.165, 1.54) is 30.1 Å². The highest BCUT2D eigenvalue weighted by Gasteiger charge is 2.33. The van der Waals surface area contributed by atoms with E-state index in [0.717, 1.165) is 4.90 Å². The molecule has 0 bridgehead atoms. The number of amides is 3. The van der Waals surface area contributed by atoms with Crippen LogP contribution in [0.1, 0.15) is 36.9 Å². The van der Waals surface area contributed by atoms with Crippen molar-refractivity contribution in [3.63, 3.8) is 0 Å². The molecule has 4 rings (SSSR count). The molecule has 0 atom stereocenters. The first-order valence-corrected chi connectivity index (χ1v) is 8.56. The number of imide groups is 1. The van der Waals surface area contributed by atoms with Crippen LogP contribution in [0.5, 0.6) is 0 Å². The minimum atomic E-state index is -0.433. The van der Waals surface area contributed by atoms with Crippen LogP contribution < -0.4 is 5.56 Å². The monoisotopic (exact) mass is 376 g/mol. The molecule has 0 radical (unpaired) electrons. The van der Waals surface area contributed by atoms with Crippen LogP contribution in [0.3, 0.4) is 0 Å². The topological polar surface area (TPSA) is 103 Å². The second kappa shape index (κ2) is 6.41. The zero-order valence-corrected chi connectivity index (χ0v) is 15.2. The van der Waals surface area contributed by atoms with Crippen molar-refractivity contribution in [2.24, 2.45) is 0 Å². The van der Waals surface area contributed by atoms with E-state index in [-0.39, 0.29) is 40.6 Å². The molecule has 2 aromatic carbocycles. The molecule has 0 unspecified atom stereocenters. The van der Waals surface area contributed by atoms with E-state index in [9.17, 15) is 19.2 Å². The summed E-state index contributed by atoms with van der Waals surface area (Å²) in [5, 5.41) is 0.478. The molecule has 8 heteroatoms. The van der Waals surface area contributed by atoms with Gasteiger partial charge in [0.05, 0.1) is 28.6 Å². The summed E-state index contributed by atoms with van der Waals surface area (Å²) < 4.78 is 0. The smallest absolute Gasteiger partial charge is 0.261 e. The van der Waals surface area contributed by atoms with Gasteiger partial charge in [-0.05, 0) is 30.3 Å². The summed E-state index contributed by atoms with van der Waals surface area (Å²) in [5.74, 6) is -0.816. The number of aromatic nitrogens is 2. The molecular weight excluding hydrogens is 360 g/mol. The Kier molecular flexibility index (Phi) is 4.03. The normalized spacial score (nSPS) is 13.1. The molecule has 0 aliphatic carbocycles. The zero-order valence-electron chi connectivity index (χ0n) is 15.2. The molecule has 1 N–H and O–H groups in total. The molecule has 140 valence electrons. The summed E-state index contributed by atoms with van der Waals surface area (Å²) >= 11 is 0. The minimum absolute atomic E-state index is 0.0861. The molecule has 0 saturated heterocycles. The molecule has 1 aliphatic rings. The van der Waals surface area contributed by atoms with Crippen molar-refractivity contribution in [3.05, 3.63) is 75.3 Å². The maximum absolute atomic E-state index is 12.8. The lowest BCUT2D eigenvalue weighted by molar-refractivity contribution is 0.0692. The number of nitrogens with one attached hydrogen (secondary N) is 1. The molecule has 1 aliphatic heterocycles. The van der Waals surface area contributed by atoms with Crippen LogP contribution in [0.2, 0.25) is 0 Å². The Morgan fingerprint density at radius 3 is 2.57 bits per heavy atom. The summed E-state index contributed by atoms with van der Waals surface area (Å²) in [5.41, 5.74) is 1.05. The van der Waals surface area contributed by atoms with E-state index in [0.29, 0.717) is 16.7 Å². The van der Waals surface area contributed by atoms with E-state index < -0.39 is 5.91 Å². The highest BCUT2D eigenvalue weighted by atomic mass is 16.2. The maximum atomic E-state index is 12.8. The number of benzene rings is 2. The summed E-state index contributed by atoms with van der Waals surface area (Å²) in [6, 6.07) is 11.4. The van der Waals surface area contributed by atoms with Gasteiger partial charge in [-0.1, -0.05) is 12.1 Å². The molecule has 2 heterocycles. The van der Waals surface area contributed by atoms with Crippen molar-refractivity contribution in [2.75, 3.05) is 14.1 Å². The van der Waals surface area contributed by atoms with Gasteiger partial charge in [-0.3, -0.25) is 24.1 Å². The summed E-state index contributed by atoms with van der Waals surface area (Å²) in [6.07, 6.45) is 0. The second-order valence-corrected chi connectivity index (χ2v) is 6.62. The third kappa shape index (κ3) is 2.75. The van der Waals surface area contributed by atoms with Gasteiger partial charge in [0.2, 0.25) is 0 Å². The lowest BCUT2D eigenvalue weighted by Gasteiger charge is -2.17. The number of carbonyl (C=O) groups is 3. The number of H-pyrrole nitrogens is 1. The van der Waals surface area contributed by atoms with Crippen LogP contribution >= 0.6 is 0 Å². The Labute approximate surface area is 159 Å². The van der Waals surface area contributed by atoms with Gasteiger partial charge in [-0.15, -0.1) is 0 Å². The Morgan fingerprint density at radius 2 is 1.79 bits per heavy atom. The quantitative estimate of drug-likeness (QED) is 0.697. The van der Waals surface area contributed by atoms with Crippen molar-refractivity contribution in [2.45, 2.75) is 6.54 Å². The van der Waals surface area contributed by atoms with Crippen molar-refractivity contribution in [1.82, 2.24) is 19.8 Å². The maximum Gasteiger partial charge on any atom is 0.261 e. The van der Waals surface area contributed by atoms with Gasteiger partial charge < -0.3 is 9.88 Å². The lowest BCUT2D eigenvalue weighted by Crippen LogP contribution is -2.28. The number of carbonyl (C=O) groups excluding carboxylic acids is 3. The molecular formula is C20H16N4O4. The fourth-order valence-corrected chi connectivity index (χ4v) is 3.22. The van der Waals surface area contributed by atoms with Crippen molar-refractivity contribution < 1.29 is 14.4 Å². The second-order valence-electron chi connectivity index (χ2n) is 6.62. The average Bonchev–Trinajstić information content (AvgIpc) is 2.91. The molecule has 3 aromatic rings. The van der Waals surface area contributed by atoms with E-state index in [1.54, 1.807) is 31.3 Å². The van der Waals surface area contributed by atoms with Gasteiger partial charge in [0.1, 0.15) is 5.82 Å². The molecule has 28 heavy (non-hydrogen) atoms. The van der Waals surface area contributed by atoms with Gasteiger partial charge >= 0.3 is 0 Å². The molecule has 0 fully saturated rings. The highest BCUT2D eigenvalue weighted by Crippen LogP contribution is 2.23. The number of nitrogens with zero attached hydrogens (tertiary/aromatic N) is 3. The minimum Gasteiger partial charge on any atom is -0.334 e. The fraction of sp³-hybridized carbons (Fsp3) is 0.150. The predicted octanol–water partition coefficient (Wildman–Crippen LogP) is 1.42. The number of hydrogen-bond donors (Lipinski definition) is 1. The van der Waals surface area contributed by atoms with Gasteiger partial charge in [0.25, 0.3) is 23.3 Å².